The van der Waals surface area contributed by atoms with Gasteiger partial charge in [-0.1, -0.05) is 6.07 Å². The van der Waals surface area contributed by atoms with Crippen molar-refractivity contribution in [3.05, 3.63) is 42.8 Å². The van der Waals surface area contributed by atoms with E-state index in [-0.39, 0.29) is 23.1 Å². The van der Waals surface area contributed by atoms with Crippen LogP contribution in [0.1, 0.15) is 12.5 Å². The Hall–Kier alpha value is -0.674. The molecule has 0 heterocycles. The molecule has 3 heteroatoms. The van der Waals surface area contributed by atoms with E-state index >= 15 is 0 Å². The predicted octanol–water partition coefficient (Wildman–Crippen LogP) is 1.58. The average molecular weight is 175 g/mol. The van der Waals surface area contributed by atoms with Gasteiger partial charge in [0.05, 0.1) is 0 Å². The Morgan fingerprint density at radius 3 is 1.83 bits per heavy atom. The topological polar surface area (TPSA) is 37.3 Å². The van der Waals surface area contributed by atoms with Crippen molar-refractivity contribution in [1.82, 2.24) is 0 Å². The Balaban J connectivity index is 0. The molecule has 60 valence electrons. The Morgan fingerprint density at radius 1 is 1.33 bits per heavy atom. The third-order valence-electron chi connectivity index (χ3n) is 0.843. The zero-order valence-corrected chi connectivity index (χ0v) is 8.57. The van der Waals surface area contributed by atoms with Gasteiger partial charge in [-0.2, -0.15) is 24.6 Å². The first-order valence-electron chi connectivity index (χ1n) is 3.19. The predicted molar refractivity (Wildman–Crippen MR) is 50.0 cm³/mol. The van der Waals surface area contributed by atoms with Crippen molar-refractivity contribution in [3.8, 4) is 0 Å². The molecule has 0 radical (unpaired) electrons. The fourth-order valence-electron chi connectivity index (χ4n) is 0.478. The molecule has 1 aromatic rings. The maximum absolute atomic E-state index is 9.00. The molecule has 0 amide bonds. The summed E-state index contributed by atoms with van der Waals surface area (Å²) in [5.74, 6) is -0.833. The molecule has 12 heavy (non-hydrogen) atoms. The number of hydrogen-bond acceptors (Lipinski definition) is 1. The van der Waals surface area contributed by atoms with Crippen molar-refractivity contribution in [2.75, 3.05) is 0 Å². The number of benzene rings is 1. The fourth-order valence-corrected chi connectivity index (χ4v) is 0.478. The summed E-state index contributed by atoms with van der Waals surface area (Å²) in [6, 6.07) is 9.87. The van der Waals surface area contributed by atoms with Crippen LogP contribution in [0, 0.1) is 6.92 Å². The molecule has 0 fully saturated rings. The van der Waals surface area contributed by atoms with Crippen LogP contribution in [0.4, 0.5) is 0 Å². The second-order valence-corrected chi connectivity index (χ2v) is 2.00. The second-order valence-electron chi connectivity index (χ2n) is 2.00. The summed E-state index contributed by atoms with van der Waals surface area (Å²) in [6.07, 6.45) is 0. The van der Waals surface area contributed by atoms with Gasteiger partial charge >= 0.3 is 23.1 Å². The summed E-state index contributed by atoms with van der Waals surface area (Å²) in [5.41, 5.74) is 1.07. The summed E-state index contributed by atoms with van der Waals surface area (Å²) in [4.78, 5) is 9.00. The van der Waals surface area contributed by atoms with Gasteiger partial charge in [0.15, 0.2) is 0 Å². The molecule has 0 aliphatic heterocycles. The van der Waals surface area contributed by atoms with Gasteiger partial charge in [0, 0.05) is 6.92 Å². The molecule has 0 atom stereocenters. The number of aliphatic carboxylic acids is 1. The van der Waals surface area contributed by atoms with Crippen molar-refractivity contribution in [3.63, 3.8) is 0 Å². The molecule has 0 aromatic heterocycles. The minimum atomic E-state index is -0.833. The maximum Gasteiger partial charge on any atom is 2.00 e. The van der Waals surface area contributed by atoms with Crippen molar-refractivity contribution in [1.29, 1.82) is 0 Å². The number of carboxylic acid groups (broad SMARTS) is 1. The summed E-state index contributed by atoms with van der Waals surface area (Å²) >= 11 is 0. The van der Waals surface area contributed by atoms with E-state index in [2.05, 4.69) is 6.92 Å². The Labute approximate surface area is 88.8 Å². The number of rotatable bonds is 0. The summed E-state index contributed by atoms with van der Waals surface area (Å²) in [5, 5.41) is 7.42. The first-order valence-corrected chi connectivity index (χ1v) is 3.19. The molecule has 1 N–H and O–H groups in total. The largest absolute Gasteiger partial charge is 2.00 e. The number of hydrogen-bond donors (Lipinski definition) is 1. The minimum Gasteiger partial charge on any atom is -0.481 e. The zero-order chi connectivity index (χ0) is 8.69. The molecular weight excluding hydrogens is 164 g/mol. The van der Waals surface area contributed by atoms with E-state index < -0.39 is 5.97 Å². The smallest absolute Gasteiger partial charge is 0.481 e. The van der Waals surface area contributed by atoms with Crippen molar-refractivity contribution in [2.45, 2.75) is 6.92 Å². The molecular formula is C9H11MgO2+. The molecule has 1 aromatic carbocycles. The van der Waals surface area contributed by atoms with Gasteiger partial charge in [-0.05, 0) is 0 Å². The van der Waals surface area contributed by atoms with Crippen LogP contribution >= 0.6 is 0 Å². The van der Waals surface area contributed by atoms with Crippen molar-refractivity contribution < 1.29 is 9.90 Å². The molecule has 0 saturated heterocycles. The van der Waals surface area contributed by atoms with Crippen molar-refractivity contribution >= 4 is 29.0 Å². The van der Waals surface area contributed by atoms with Gasteiger partial charge in [0.1, 0.15) is 0 Å². The number of carbonyl (C=O) groups is 1. The SMILES string of the molecule is CC(=O)O.[CH2-]c1ccccc1.[Mg+2]. The van der Waals surface area contributed by atoms with E-state index in [1.54, 1.807) is 0 Å². The summed E-state index contributed by atoms with van der Waals surface area (Å²) < 4.78 is 0. The third-order valence-corrected chi connectivity index (χ3v) is 0.843. The van der Waals surface area contributed by atoms with Gasteiger partial charge in [-0.15, -0.1) is 12.1 Å². The van der Waals surface area contributed by atoms with Crippen LogP contribution in [0.25, 0.3) is 0 Å². The minimum absolute atomic E-state index is 0. The molecule has 0 aliphatic carbocycles. The third kappa shape index (κ3) is 12.0. The average Bonchev–Trinajstić information content (AvgIpc) is 1.87. The van der Waals surface area contributed by atoms with E-state index in [4.69, 9.17) is 9.90 Å². The van der Waals surface area contributed by atoms with Crippen LogP contribution in [-0.4, -0.2) is 34.1 Å². The van der Waals surface area contributed by atoms with Crippen LogP contribution in [-0.2, 0) is 4.79 Å². The Kier molecular flexibility index (Phi) is 9.75. The second kappa shape index (κ2) is 8.42. The maximum atomic E-state index is 9.00. The van der Waals surface area contributed by atoms with Crippen LogP contribution in [0.2, 0.25) is 0 Å². The van der Waals surface area contributed by atoms with Crippen LogP contribution < -0.4 is 0 Å². The van der Waals surface area contributed by atoms with E-state index in [1.165, 1.54) is 0 Å². The van der Waals surface area contributed by atoms with Gasteiger partial charge < -0.3 is 5.11 Å². The van der Waals surface area contributed by atoms with E-state index in [1.807, 2.05) is 30.3 Å². The van der Waals surface area contributed by atoms with E-state index in [0.717, 1.165) is 12.5 Å². The first-order chi connectivity index (χ1) is 5.13. The molecule has 0 saturated carbocycles. The van der Waals surface area contributed by atoms with Gasteiger partial charge in [0.25, 0.3) is 5.97 Å². The Bertz CT molecular complexity index is 205. The van der Waals surface area contributed by atoms with Crippen molar-refractivity contribution in [2.24, 2.45) is 0 Å². The molecule has 0 aliphatic rings. The molecule has 0 spiro atoms. The molecule has 1 rings (SSSR count). The Morgan fingerprint density at radius 2 is 1.67 bits per heavy atom. The number of carboxylic acids is 1. The normalized spacial score (nSPS) is 7.08. The summed E-state index contributed by atoms with van der Waals surface area (Å²) in [7, 11) is 0. The van der Waals surface area contributed by atoms with Gasteiger partial charge in [0.2, 0.25) is 0 Å². The zero-order valence-electron chi connectivity index (χ0n) is 7.16. The monoisotopic (exact) mass is 175 g/mol. The summed E-state index contributed by atoms with van der Waals surface area (Å²) in [6.45, 7) is 4.80. The van der Waals surface area contributed by atoms with Crippen LogP contribution in [0.3, 0.4) is 0 Å². The van der Waals surface area contributed by atoms with E-state index in [0.29, 0.717) is 0 Å². The van der Waals surface area contributed by atoms with Crippen LogP contribution in [0.15, 0.2) is 30.3 Å². The van der Waals surface area contributed by atoms with E-state index in [9.17, 15) is 0 Å². The molecule has 0 unspecified atom stereocenters. The quantitative estimate of drug-likeness (QED) is 0.480. The van der Waals surface area contributed by atoms with Crippen LogP contribution in [0.5, 0.6) is 0 Å². The van der Waals surface area contributed by atoms with Gasteiger partial charge in [-0.3, -0.25) is 4.79 Å². The standard InChI is InChI=1S/C7H7.C2H4O2.Mg/c1-7-5-3-2-4-6-7;1-2(3)4;/h2-6H,1H2;1H3,(H,3,4);/q-1;;+2. The van der Waals surface area contributed by atoms with Gasteiger partial charge in [-0.25, -0.2) is 0 Å². The molecule has 2 nitrogen and oxygen atoms in total. The fraction of sp³-hybridized carbons (Fsp3) is 0.111. The molecule has 0 bridgehead atoms. The first kappa shape index (κ1) is 13.9.